The lowest BCUT2D eigenvalue weighted by atomic mass is 10.2. The van der Waals surface area contributed by atoms with Gasteiger partial charge in [-0.3, -0.25) is 15.4 Å². The smallest absolute Gasteiger partial charge is 0.217 e. The number of nitrogens with one attached hydrogen (secondary N) is 2. The lowest BCUT2D eigenvalue weighted by Gasteiger charge is -2.26. The average molecular weight is 466 g/mol. The zero-order valence-electron chi connectivity index (χ0n) is 20.2. The van der Waals surface area contributed by atoms with E-state index in [-0.39, 0.29) is 0 Å². The van der Waals surface area contributed by atoms with Crippen molar-refractivity contribution >= 4 is 28.6 Å². The van der Waals surface area contributed by atoms with Crippen molar-refractivity contribution in [3.8, 4) is 5.88 Å². The molecule has 1 saturated heterocycles. The van der Waals surface area contributed by atoms with Crippen molar-refractivity contribution in [2.75, 3.05) is 62.9 Å². The van der Waals surface area contributed by atoms with Gasteiger partial charge in [-0.1, -0.05) is 32.0 Å². The first kappa shape index (κ1) is 24.0. The van der Waals surface area contributed by atoms with Gasteiger partial charge in [-0.05, 0) is 18.9 Å². The van der Waals surface area contributed by atoms with Crippen molar-refractivity contribution in [1.82, 2.24) is 20.1 Å². The molecule has 0 spiro atoms. The van der Waals surface area contributed by atoms with E-state index in [9.17, 15) is 0 Å². The number of pyridine rings is 1. The summed E-state index contributed by atoms with van der Waals surface area (Å²) in [6.07, 6.45) is 3.86. The van der Waals surface area contributed by atoms with Crippen LogP contribution in [0.2, 0.25) is 0 Å². The number of ether oxygens (including phenoxy) is 2. The number of H-pyrrole nitrogens is 1. The average Bonchev–Trinajstić information content (AvgIpc) is 3.28. The standard InChI is InChI=1S/C25H35N7O2/c1-3-9-32(10-4-2)24-17-20(18-25(27-24)34-16-13-31-11-14-33-15-12-31)28-26-19-23-21-7-5-6-8-22(21)29-30-23/h5-8,17-19H,3-4,9-16H2,1-2H3,(H,27,28)(H,29,30)/b26-19+. The van der Waals surface area contributed by atoms with Crippen LogP contribution in [0.15, 0.2) is 41.5 Å². The molecule has 1 aliphatic rings. The van der Waals surface area contributed by atoms with Gasteiger partial charge in [0.15, 0.2) is 0 Å². The highest BCUT2D eigenvalue weighted by atomic mass is 16.5. The number of rotatable bonds is 12. The molecule has 0 amide bonds. The minimum Gasteiger partial charge on any atom is -0.476 e. The molecule has 2 aromatic heterocycles. The second-order valence-corrected chi connectivity index (χ2v) is 8.37. The van der Waals surface area contributed by atoms with Crippen LogP contribution in [0, 0.1) is 0 Å². The summed E-state index contributed by atoms with van der Waals surface area (Å²) in [7, 11) is 0. The summed E-state index contributed by atoms with van der Waals surface area (Å²) < 4.78 is 11.5. The molecule has 0 atom stereocenters. The molecule has 0 radical (unpaired) electrons. The number of hydrazone groups is 1. The topological polar surface area (TPSA) is 90.9 Å². The monoisotopic (exact) mass is 465 g/mol. The van der Waals surface area contributed by atoms with Crippen LogP contribution in [0.5, 0.6) is 5.88 Å². The van der Waals surface area contributed by atoms with E-state index < -0.39 is 0 Å². The number of benzene rings is 1. The fraction of sp³-hybridized carbons (Fsp3) is 0.480. The maximum atomic E-state index is 6.08. The van der Waals surface area contributed by atoms with Gasteiger partial charge >= 0.3 is 0 Å². The summed E-state index contributed by atoms with van der Waals surface area (Å²) in [6, 6.07) is 11.9. The van der Waals surface area contributed by atoms with Crippen molar-refractivity contribution in [2.24, 2.45) is 5.10 Å². The Morgan fingerprint density at radius 3 is 2.76 bits per heavy atom. The van der Waals surface area contributed by atoms with E-state index in [0.717, 1.165) is 86.9 Å². The van der Waals surface area contributed by atoms with Crippen molar-refractivity contribution in [3.63, 3.8) is 0 Å². The molecule has 0 unspecified atom stereocenters. The Labute approximate surface area is 201 Å². The van der Waals surface area contributed by atoms with Crippen LogP contribution in [0.1, 0.15) is 32.4 Å². The van der Waals surface area contributed by atoms with Crippen LogP contribution in [0.3, 0.4) is 0 Å². The van der Waals surface area contributed by atoms with Gasteiger partial charge in [0, 0.05) is 50.2 Å². The van der Waals surface area contributed by atoms with Gasteiger partial charge < -0.3 is 14.4 Å². The van der Waals surface area contributed by atoms with Crippen LogP contribution < -0.4 is 15.1 Å². The van der Waals surface area contributed by atoms with Crippen molar-refractivity contribution in [1.29, 1.82) is 0 Å². The molecule has 0 aliphatic carbocycles. The number of fused-ring (bicyclic) bond motifs is 1. The van der Waals surface area contributed by atoms with E-state index in [0.29, 0.717) is 12.5 Å². The fourth-order valence-corrected chi connectivity index (χ4v) is 4.03. The highest BCUT2D eigenvalue weighted by Gasteiger charge is 2.13. The van der Waals surface area contributed by atoms with Crippen LogP contribution in [0.4, 0.5) is 11.5 Å². The minimum absolute atomic E-state index is 0.584. The third kappa shape index (κ3) is 6.45. The number of hydrogen-bond acceptors (Lipinski definition) is 8. The zero-order chi connectivity index (χ0) is 23.6. The molecule has 1 fully saturated rings. The zero-order valence-corrected chi connectivity index (χ0v) is 20.2. The van der Waals surface area contributed by atoms with Gasteiger partial charge in [0.05, 0.1) is 36.3 Å². The summed E-state index contributed by atoms with van der Waals surface area (Å²) >= 11 is 0. The SMILES string of the molecule is CCCN(CCC)c1cc(N/N=C/c2[nH]nc3ccccc23)cc(OCCN2CCOCC2)n1. The number of para-hydroxylation sites is 1. The highest BCUT2D eigenvalue weighted by molar-refractivity contribution is 5.96. The van der Waals surface area contributed by atoms with Crippen LogP contribution in [0.25, 0.3) is 10.9 Å². The lowest BCUT2D eigenvalue weighted by Crippen LogP contribution is -2.38. The van der Waals surface area contributed by atoms with Crippen LogP contribution in [-0.2, 0) is 4.74 Å². The molecule has 0 bridgehead atoms. The normalized spacial score (nSPS) is 14.6. The third-order valence-corrected chi connectivity index (χ3v) is 5.74. The van der Waals surface area contributed by atoms with Crippen LogP contribution in [-0.4, -0.2) is 78.8 Å². The number of nitrogens with zero attached hydrogens (tertiary/aromatic N) is 5. The van der Waals surface area contributed by atoms with Gasteiger partial charge in [0.25, 0.3) is 0 Å². The van der Waals surface area contributed by atoms with Gasteiger partial charge in [0.2, 0.25) is 5.88 Å². The Balaban J connectivity index is 1.48. The first-order valence-corrected chi connectivity index (χ1v) is 12.2. The van der Waals surface area contributed by atoms with E-state index in [1.807, 2.05) is 36.4 Å². The molecule has 182 valence electrons. The summed E-state index contributed by atoms with van der Waals surface area (Å²) in [4.78, 5) is 9.46. The lowest BCUT2D eigenvalue weighted by molar-refractivity contribution is 0.0320. The minimum atomic E-state index is 0.584. The molecule has 0 saturated carbocycles. The quantitative estimate of drug-likeness (QED) is 0.311. The Hall–Kier alpha value is -3.17. The van der Waals surface area contributed by atoms with Crippen molar-refractivity contribution in [2.45, 2.75) is 26.7 Å². The molecule has 9 nitrogen and oxygen atoms in total. The molecular weight excluding hydrogens is 430 g/mol. The number of aromatic amines is 1. The fourth-order valence-electron chi connectivity index (χ4n) is 4.03. The maximum absolute atomic E-state index is 6.08. The molecule has 3 heterocycles. The molecular formula is C25H35N7O2. The molecule has 1 aliphatic heterocycles. The van der Waals surface area contributed by atoms with E-state index >= 15 is 0 Å². The maximum Gasteiger partial charge on any atom is 0.217 e. The predicted octanol–water partition coefficient (Wildman–Crippen LogP) is 3.74. The van der Waals surface area contributed by atoms with E-state index in [2.05, 4.69) is 44.4 Å². The summed E-state index contributed by atoms with van der Waals surface area (Å²) in [6.45, 7) is 11.2. The Morgan fingerprint density at radius 2 is 1.97 bits per heavy atom. The Kier molecular flexibility index (Phi) is 8.70. The summed E-state index contributed by atoms with van der Waals surface area (Å²) in [5, 5.41) is 12.8. The molecule has 34 heavy (non-hydrogen) atoms. The van der Waals surface area contributed by atoms with Crippen molar-refractivity contribution in [3.05, 3.63) is 42.1 Å². The second kappa shape index (κ2) is 12.3. The van der Waals surface area contributed by atoms with Gasteiger partial charge in [-0.25, -0.2) is 0 Å². The first-order valence-electron chi connectivity index (χ1n) is 12.2. The Morgan fingerprint density at radius 1 is 1.18 bits per heavy atom. The molecule has 2 N–H and O–H groups in total. The van der Waals surface area contributed by atoms with Gasteiger partial charge in [-0.15, -0.1) is 0 Å². The van der Waals surface area contributed by atoms with E-state index in [1.54, 1.807) is 6.21 Å². The first-order chi connectivity index (χ1) is 16.8. The third-order valence-electron chi connectivity index (χ3n) is 5.74. The van der Waals surface area contributed by atoms with Gasteiger partial charge in [0.1, 0.15) is 12.4 Å². The van der Waals surface area contributed by atoms with Crippen LogP contribution >= 0.6 is 0 Å². The highest BCUT2D eigenvalue weighted by Crippen LogP contribution is 2.24. The summed E-state index contributed by atoms with van der Waals surface area (Å²) in [5.74, 6) is 1.50. The predicted molar refractivity (Wildman–Crippen MR) is 137 cm³/mol. The number of morpholine rings is 1. The molecule has 3 aromatic rings. The molecule has 1 aromatic carbocycles. The van der Waals surface area contributed by atoms with Crippen molar-refractivity contribution < 1.29 is 9.47 Å². The second-order valence-electron chi connectivity index (χ2n) is 8.37. The number of aromatic nitrogens is 3. The van der Waals surface area contributed by atoms with Gasteiger partial charge in [-0.2, -0.15) is 15.2 Å². The molecule has 4 rings (SSSR count). The largest absolute Gasteiger partial charge is 0.476 e. The van der Waals surface area contributed by atoms with E-state index in [4.69, 9.17) is 14.5 Å². The molecule has 9 heteroatoms. The summed E-state index contributed by atoms with van der Waals surface area (Å²) in [5.41, 5.74) is 5.77. The Bertz CT molecular complexity index is 1060. The van der Waals surface area contributed by atoms with E-state index in [1.165, 1.54) is 0 Å². The number of anilines is 2. The number of hydrogen-bond donors (Lipinski definition) is 2.